The molecule has 2 rings (SSSR count). The van der Waals surface area contributed by atoms with Crippen LogP contribution in [0, 0.1) is 6.92 Å². The van der Waals surface area contributed by atoms with Gasteiger partial charge in [0.1, 0.15) is 6.54 Å². The molecule has 0 unspecified atom stereocenters. The van der Waals surface area contributed by atoms with Crippen molar-refractivity contribution in [2.45, 2.75) is 13.5 Å². The van der Waals surface area contributed by atoms with Crippen LogP contribution in [-0.4, -0.2) is 28.8 Å². The molecule has 0 saturated carbocycles. The SMILES string of the molecule is Cc1ccc(N(CC(=O)O)C(=O)NCc2ccno2)cc1. The summed E-state index contributed by atoms with van der Waals surface area (Å²) >= 11 is 0. The number of rotatable bonds is 5. The largest absolute Gasteiger partial charge is 0.480 e. The maximum atomic E-state index is 12.1. The van der Waals surface area contributed by atoms with E-state index >= 15 is 0 Å². The van der Waals surface area contributed by atoms with Crippen LogP contribution < -0.4 is 10.2 Å². The second kappa shape index (κ2) is 6.56. The van der Waals surface area contributed by atoms with Crippen LogP contribution in [0.25, 0.3) is 0 Å². The first-order valence-electron chi connectivity index (χ1n) is 6.29. The Hall–Kier alpha value is -2.83. The van der Waals surface area contributed by atoms with E-state index in [-0.39, 0.29) is 6.54 Å². The minimum Gasteiger partial charge on any atom is -0.480 e. The molecule has 0 spiro atoms. The number of benzene rings is 1. The highest BCUT2D eigenvalue weighted by molar-refractivity contribution is 5.96. The number of amides is 2. The number of hydrogen-bond acceptors (Lipinski definition) is 4. The number of hydrogen-bond donors (Lipinski definition) is 2. The number of carboxylic acids is 1. The minimum absolute atomic E-state index is 0.140. The molecule has 0 aliphatic rings. The van der Waals surface area contributed by atoms with Gasteiger partial charge in [0.2, 0.25) is 0 Å². The average Bonchev–Trinajstić information content (AvgIpc) is 2.96. The van der Waals surface area contributed by atoms with Gasteiger partial charge in [-0.25, -0.2) is 4.79 Å². The lowest BCUT2D eigenvalue weighted by molar-refractivity contribution is -0.135. The summed E-state index contributed by atoms with van der Waals surface area (Å²) in [5, 5.41) is 15.1. The maximum Gasteiger partial charge on any atom is 0.323 e. The van der Waals surface area contributed by atoms with E-state index in [1.54, 1.807) is 18.2 Å². The Morgan fingerprint density at radius 3 is 2.57 bits per heavy atom. The Balaban J connectivity index is 2.09. The third kappa shape index (κ3) is 4.07. The van der Waals surface area contributed by atoms with Gasteiger partial charge in [-0.1, -0.05) is 22.9 Å². The van der Waals surface area contributed by atoms with Crippen molar-refractivity contribution in [2.24, 2.45) is 0 Å². The number of carbonyl (C=O) groups is 2. The van der Waals surface area contributed by atoms with Crippen molar-refractivity contribution in [3.8, 4) is 0 Å². The first kappa shape index (κ1) is 14.6. The van der Waals surface area contributed by atoms with E-state index in [2.05, 4.69) is 10.5 Å². The summed E-state index contributed by atoms with van der Waals surface area (Å²) in [6.07, 6.45) is 1.47. The number of anilines is 1. The van der Waals surface area contributed by atoms with E-state index in [1.165, 1.54) is 6.20 Å². The van der Waals surface area contributed by atoms with Gasteiger partial charge in [-0.05, 0) is 19.1 Å². The molecule has 0 fully saturated rings. The molecule has 110 valence electrons. The standard InChI is InChI=1S/C14H15N3O4/c1-10-2-4-11(5-3-10)17(9-13(18)19)14(20)15-8-12-6-7-16-21-12/h2-7H,8-9H2,1H3,(H,15,20)(H,18,19). The van der Waals surface area contributed by atoms with Crippen LogP contribution in [0.2, 0.25) is 0 Å². The highest BCUT2D eigenvalue weighted by Crippen LogP contribution is 2.15. The Morgan fingerprint density at radius 2 is 2.00 bits per heavy atom. The van der Waals surface area contributed by atoms with Gasteiger partial charge >= 0.3 is 12.0 Å². The highest BCUT2D eigenvalue weighted by atomic mass is 16.5. The van der Waals surface area contributed by atoms with Gasteiger partial charge in [0, 0.05) is 11.8 Å². The fourth-order valence-electron chi connectivity index (χ4n) is 1.73. The maximum absolute atomic E-state index is 12.1. The van der Waals surface area contributed by atoms with E-state index in [4.69, 9.17) is 9.63 Å². The van der Waals surface area contributed by atoms with E-state index in [9.17, 15) is 9.59 Å². The zero-order valence-electron chi connectivity index (χ0n) is 11.4. The normalized spacial score (nSPS) is 10.1. The predicted octanol–water partition coefficient (Wildman–Crippen LogP) is 1.78. The van der Waals surface area contributed by atoms with Gasteiger partial charge < -0.3 is 14.9 Å². The number of carboxylic acid groups (broad SMARTS) is 1. The van der Waals surface area contributed by atoms with Crippen molar-refractivity contribution in [3.63, 3.8) is 0 Å². The fraction of sp³-hybridized carbons (Fsp3) is 0.214. The minimum atomic E-state index is -1.09. The van der Waals surface area contributed by atoms with Crippen LogP contribution >= 0.6 is 0 Å². The second-order valence-electron chi connectivity index (χ2n) is 4.45. The summed E-state index contributed by atoms with van der Waals surface area (Å²) in [6.45, 7) is 1.63. The van der Waals surface area contributed by atoms with Gasteiger partial charge in [-0.3, -0.25) is 9.69 Å². The molecule has 0 atom stereocenters. The molecule has 1 heterocycles. The number of aryl methyl sites for hydroxylation is 1. The van der Waals surface area contributed by atoms with Crippen molar-refractivity contribution in [2.75, 3.05) is 11.4 Å². The molecule has 0 bridgehead atoms. The first-order chi connectivity index (χ1) is 10.1. The quantitative estimate of drug-likeness (QED) is 0.874. The lowest BCUT2D eigenvalue weighted by atomic mass is 10.2. The Bertz CT molecular complexity index is 608. The fourth-order valence-corrected chi connectivity index (χ4v) is 1.73. The predicted molar refractivity (Wildman–Crippen MR) is 74.9 cm³/mol. The van der Waals surface area contributed by atoms with Crippen LogP contribution in [-0.2, 0) is 11.3 Å². The Morgan fingerprint density at radius 1 is 1.29 bits per heavy atom. The van der Waals surface area contributed by atoms with Crippen molar-refractivity contribution in [1.29, 1.82) is 0 Å². The number of nitrogens with one attached hydrogen (secondary N) is 1. The molecule has 2 N–H and O–H groups in total. The number of nitrogens with zero attached hydrogens (tertiary/aromatic N) is 2. The molecular weight excluding hydrogens is 274 g/mol. The monoisotopic (exact) mass is 289 g/mol. The zero-order chi connectivity index (χ0) is 15.2. The lowest BCUT2D eigenvalue weighted by Gasteiger charge is -2.21. The van der Waals surface area contributed by atoms with Crippen molar-refractivity contribution >= 4 is 17.7 Å². The van der Waals surface area contributed by atoms with E-state index in [0.717, 1.165) is 10.5 Å². The van der Waals surface area contributed by atoms with Gasteiger partial charge in [0.15, 0.2) is 5.76 Å². The smallest absolute Gasteiger partial charge is 0.323 e. The van der Waals surface area contributed by atoms with Crippen molar-refractivity contribution in [1.82, 2.24) is 10.5 Å². The van der Waals surface area contributed by atoms with Gasteiger partial charge in [-0.15, -0.1) is 0 Å². The molecule has 2 aromatic rings. The molecule has 7 heteroatoms. The Kier molecular flexibility index (Phi) is 4.55. The molecule has 21 heavy (non-hydrogen) atoms. The topological polar surface area (TPSA) is 95.7 Å². The molecule has 1 aromatic carbocycles. The number of urea groups is 1. The number of aliphatic carboxylic acids is 1. The van der Waals surface area contributed by atoms with Crippen LogP contribution in [0.4, 0.5) is 10.5 Å². The molecule has 1 aromatic heterocycles. The van der Waals surface area contributed by atoms with E-state index in [0.29, 0.717) is 11.4 Å². The third-order valence-electron chi connectivity index (χ3n) is 2.79. The van der Waals surface area contributed by atoms with Gasteiger partial charge in [0.05, 0.1) is 12.7 Å². The Labute approximate surface area is 121 Å². The van der Waals surface area contributed by atoms with Gasteiger partial charge in [-0.2, -0.15) is 0 Å². The summed E-state index contributed by atoms with van der Waals surface area (Å²) in [4.78, 5) is 24.2. The summed E-state index contributed by atoms with van der Waals surface area (Å²) in [5.41, 5.74) is 1.54. The second-order valence-corrected chi connectivity index (χ2v) is 4.45. The average molecular weight is 289 g/mol. The molecule has 0 aliphatic carbocycles. The third-order valence-corrected chi connectivity index (χ3v) is 2.79. The van der Waals surface area contributed by atoms with E-state index < -0.39 is 18.5 Å². The number of aromatic nitrogens is 1. The van der Waals surface area contributed by atoms with Gasteiger partial charge in [0.25, 0.3) is 0 Å². The van der Waals surface area contributed by atoms with Crippen LogP contribution in [0.1, 0.15) is 11.3 Å². The summed E-state index contributed by atoms with van der Waals surface area (Å²) in [6, 6.07) is 8.13. The van der Waals surface area contributed by atoms with E-state index in [1.807, 2.05) is 19.1 Å². The molecule has 7 nitrogen and oxygen atoms in total. The molecule has 0 saturated heterocycles. The molecule has 0 radical (unpaired) electrons. The number of carbonyl (C=O) groups excluding carboxylic acids is 1. The lowest BCUT2D eigenvalue weighted by Crippen LogP contribution is -2.42. The first-order valence-corrected chi connectivity index (χ1v) is 6.29. The van der Waals surface area contributed by atoms with Crippen molar-refractivity contribution < 1.29 is 19.2 Å². The summed E-state index contributed by atoms with van der Waals surface area (Å²) in [7, 11) is 0. The molecule has 2 amide bonds. The summed E-state index contributed by atoms with van der Waals surface area (Å²) in [5.74, 6) is -0.604. The molecule has 0 aliphatic heterocycles. The zero-order valence-corrected chi connectivity index (χ0v) is 11.4. The van der Waals surface area contributed by atoms with Crippen LogP contribution in [0.5, 0.6) is 0 Å². The van der Waals surface area contributed by atoms with Crippen LogP contribution in [0.15, 0.2) is 41.1 Å². The molecular formula is C14H15N3O4. The highest BCUT2D eigenvalue weighted by Gasteiger charge is 2.18. The van der Waals surface area contributed by atoms with Crippen molar-refractivity contribution in [3.05, 3.63) is 47.9 Å². The summed E-state index contributed by atoms with van der Waals surface area (Å²) < 4.78 is 4.87. The van der Waals surface area contributed by atoms with Crippen LogP contribution in [0.3, 0.4) is 0 Å².